The Kier molecular flexibility index (Phi) is 44.5. The lowest BCUT2D eigenvalue weighted by Gasteiger charge is -2.33. The van der Waals surface area contributed by atoms with Crippen molar-refractivity contribution in [2.45, 2.75) is 0 Å². The topological polar surface area (TPSA) is 203 Å². The molecule has 0 aliphatic carbocycles. The van der Waals surface area contributed by atoms with Crippen molar-refractivity contribution >= 4 is 5.91 Å². The lowest BCUT2D eigenvalue weighted by molar-refractivity contribution is -0.136. The zero-order valence-electron chi connectivity index (χ0n) is 33.9. The zero-order chi connectivity index (χ0) is 40.0. The summed E-state index contributed by atoms with van der Waals surface area (Å²) in [5, 5.41) is 2.71. The average Bonchev–Trinajstić information content (AvgIpc) is 3.19. The molecule has 0 aromatic carbocycles. The Balaban J connectivity index is 4.85. The number of nitrogens with two attached hydrogens (primary N) is 1. The Bertz CT molecular complexity index is 689. The molecule has 19 heteroatoms. The number of amides is 1. The molecule has 0 saturated heterocycles. The molecule has 0 fully saturated rings. The molecular weight excluding hydrogens is 732 g/mol. The van der Waals surface area contributed by atoms with Gasteiger partial charge in [-0.25, -0.2) is 0 Å². The molecule has 0 bridgehead atoms. The molecule has 1 amide bonds. The number of hydrogen-bond donors (Lipinski definition) is 2. The van der Waals surface area contributed by atoms with Gasteiger partial charge in [-0.3, -0.25) is 4.79 Å². The van der Waals surface area contributed by atoms with Gasteiger partial charge in [0.15, 0.2) is 0 Å². The van der Waals surface area contributed by atoms with E-state index in [0.717, 1.165) is 0 Å². The van der Waals surface area contributed by atoms with Crippen LogP contribution in [0.5, 0.6) is 0 Å². The van der Waals surface area contributed by atoms with Gasteiger partial charge >= 0.3 is 0 Å². The second-order valence-electron chi connectivity index (χ2n) is 11.8. The summed E-state index contributed by atoms with van der Waals surface area (Å²) in [6, 6.07) is 0. The van der Waals surface area contributed by atoms with E-state index >= 15 is 0 Å². The van der Waals surface area contributed by atoms with E-state index < -0.39 is 5.41 Å². The van der Waals surface area contributed by atoms with Crippen LogP contribution in [0.15, 0.2) is 0 Å². The van der Waals surface area contributed by atoms with Crippen molar-refractivity contribution in [3.8, 4) is 0 Å². The van der Waals surface area contributed by atoms with E-state index in [0.29, 0.717) is 172 Å². The van der Waals surface area contributed by atoms with Gasteiger partial charge < -0.3 is 86.8 Å². The van der Waals surface area contributed by atoms with Crippen molar-refractivity contribution in [1.29, 1.82) is 0 Å². The second-order valence-corrected chi connectivity index (χ2v) is 11.8. The number of carbonyl (C=O) groups excluding carboxylic acids is 1. The normalized spacial score (nSPS) is 11.9. The minimum atomic E-state index is -0.752. The smallest absolute Gasteiger partial charge is 0.246 e. The highest BCUT2D eigenvalue weighted by Crippen LogP contribution is 2.21. The molecule has 0 atom stereocenters. The summed E-state index contributed by atoms with van der Waals surface area (Å²) in [6.45, 7) is 12.1. The van der Waals surface area contributed by atoms with Crippen LogP contribution in [0.4, 0.5) is 0 Å². The van der Waals surface area contributed by atoms with E-state index in [-0.39, 0.29) is 38.9 Å². The Morgan fingerprint density at radius 1 is 0.382 bits per heavy atom. The van der Waals surface area contributed by atoms with Gasteiger partial charge in [0.25, 0.3) is 0 Å². The summed E-state index contributed by atoms with van der Waals surface area (Å²) >= 11 is 0. The molecule has 0 saturated carbocycles. The van der Waals surface area contributed by atoms with Crippen LogP contribution >= 0.6 is 0 Å². The molecule has 0 unspecified atom stereocenters. The monoisotopic (exact) mass is 806 g/mol. The van der Waals surface area contributed by atoms with E-state index in [2.05, 4.69) is 5.32 Å². The molecular formula is C36H74N2O17. The van der Waals surface area contributed by atoms with Crippen molar-refractivity contribution in [3.05, 3.63) is 0 Å². The minimum absolute atomic E-state index is 0.131. The maximum Gasteiger partial charge on any atom is 0.246 e. The molecule has 0 aromatic rings. The molecule has 0 aliphatic rings. The zero-order valence-corrected chi connectivity index (χ0v) is 33.9. The van der Waals surface area contributed by atoms with Gasteiger partial charge in [-0.2, -0.15) is 0 Å². The first-order chi connectivity index (χ1) is 27.1. The minimum Gasteiger partial charge on any atom is -0.382 e. The van der Waals surface area contributed by atoms with Crippen LogP contribution in [0.25, 0.3) is 0 Å². The highest BCUT2D eigenvalue weighted by Gasteiger charge is 2.33. The van der Waals surface area contributed by atoms with E-state index in [9.17, 15) is 4.79 Å². The van der Waals surface area contributed by atoms with Gasteiger partial charge in [0, 0.05) is 34.4 Å². The van der Waals surface area contributed by atoms with E-state index in [1.54, 1.807) is 21.3 Å². The molecule has 0 radical (unpaired) electrons. The number of ether oxygens (including phenoxy) is 16. The number of nitrogens with one attached hydrogen (secondary N) is 1. The molecule has 0 rings (SSSR count). The number of methoxy groups -OCH3 is 3. The second kappa shape index (κ2) is 45.5. The molecule has 19 nitrogen and oxygen atoms in total. The predicted molar refractivity (Wildman–Crippen MR) is 201 cm³/mol. The Morgan fingerprint density at radius 3 is 0.873 bits per heavy atom. The Morgan fingerprint density at radius 2 is 0.618 bits per heavy atom. The van der Waals surface area contributed by atoms with E-state index in [1.165, 1.54) is 0 Å². The first-order valence-corrected chi connectivity index (χ1v) is 19.1. The highest BCUT2D eigenvalue weighted by atomic mass is 16.6. The summed E-state index contributed by atoms with van der Waals surface area (Å²) < 4.78 is 88.5. The number of carbonyl (C=O) groups is 1. The van der Waals surface area contributed by atoms with Gasteiger partial charge in [-0.1, -0.05) is 0 Å². The van der Waals surface area contributed by atoms with Crippen LogP contribution in [0.2, 0.25) is 0 Å². The van der Waals surface area contributed by atoms with Crippen LogP contribution < -0.4 is 11.1 Å². The summed E-state index contributed by atoms with van der Waals surface area (Å²) in [6.07, 6.45) is 0. The van der Waals surface area contributed by atoms with Crippen LogP contribution in [0, 0.1) is 5.41 Å². The molecule has 0 spiro atoms. The standard InChI is InChI=1S/C36H74N2O17/c1-40-6-9-43-12-15-46-18-21-49-24-27-52-31-36(34-55-30-35(39)38-5-4-37,32-53-28-25-50-22-19-47-16-13-44-10-7-41-2)33-54-29-26-51-23-20-48-17-14-45-11-8-42-3/h4-34,37H2,1-3H3,(H,38,39). The fourth-order valence-corrected chi connectivity index (χ4v) is 4.14. The van der Waals surface area contributed by atoms with E-state index in [1.807, 2.05) is 0 Å². The summed E-state index contributed by atoms with van der Waals surface area (Å²) in [5.41, 5.74) is 4.76. The molecule has 3 N–H and O–H groups in total. The van der Waals surface area contributed by atoms with Gasteiger partial charge in [-0.05, 0) is 0 Å². The third-order valence-corrected chi connectivity index (χ3v) is 6.98. The van der Waals surface area contributed by atoms with Crippen molar-refractivity contribution in [2.24, 2.45) is 11.1 Å². The molecule has 330 valence electrons. The van der Waals surface area contributed by atoms with Crippen LogP contribution in [-0.4, -0.2) is 232 Å². The van der Waals surface area contributed by atoms with Gasteiger partial charge in [0.05, 0.1) is 190 Å². The van der Waals surface area contributed by atoms with Crippen molar-refractivity contribution < 1.29 is 80.6 Å². The first-order valence-electron chi connectivity index (χ1n) is 19.1. The molecule has 55 heavy (non-hydrogen) atoms. The van der Waals surface area contributed by atoms with Crippen LogP contribution in [0.1, 0.15) is 0 Å². The fraction of sp³-hybridized carbons (Fsp3) is 0.972. The lowest BCUT2D eigenvalue weighted by Crippen LogP contribution is -2.43. The van der Waals surface area contributed by atoms with Gasteiger partial charge in [-0.15, -0.1) is 0 Å². The highest BCUT2D eigenvalue weighted by molar-refractivity contribution is 5.77. The predicted octanol–water partition coefficient (Wildman–Crippen LogP) is -0.797. The third kappa shape index (κ3) is 40.8. The fourth-order valence-electron chi connectivity index (χ4n) is 4.14. The maximum absolute atomic E-state index is 12.2. The summed E-state index contributed by atoms with van der Waals surface area (Å²) in [7, 11) is 4.89. The molecule has 0 aromatic heterocycles. The van der Waals surface area contributed by atoms with Crippen molar-refractivity contribution in [3.63, 3.8) is 0 Å². The van der Waals surface area contributed by atoms with Crippen LogP contribution in [0.3, 0.4) is 0 Å². The number of hydrogen-bond acceptors (Lipinski definition) is 18. The summed E-state index contributed by atoms with van der Waals surface area (Å²) in [5.74, 6) is -0.270. The average molecular weight is 807 g/mol. The van der Waals surface area contributed by atoms with Crippen molar-refractivity contribution in [1.82, 2.24) is 5.32 Å². The maximum atomic E-state index is 12.2. The Hall–Kier alpha value is -1.21. The van der Waals surface area contributed by atoms with Crippen LogP contribution in [-0.2, 0) is 80.6 Å². The lowest BCUT2D eigenvalue weighted by atomic mass is 9.92. The SMILES string of the molecule is COCCOCCOCCOCCOCC(COCCOCCOCCOCCOC)(COCCOCCOCCOCCOC)COCC(=O)NCCN. The first kappa shape index (κ1) is 53.8. The number of rotatable bonds is 48. The largest absolute Gasteiger partial charge is 0.382 e. The molecule has 0 aliphatic heterocycles. The Labute approximate surface area is 328 Å². The quantitative estimate of drug-likeness (QED) is 0.0723. The molecule has 0 heterocycles. The van der Waals surface area contributed by atoms with Crippen molar-refractivity contribution in [2.75, 3.05) is 226 Å². The third-order valence-electron chi connectivity index (χ3n) is 6.98. The van der Waals surface area contributed by atoms with E-state index in [4.69, 9.17) is 81.5 Å². The van der Waals surface area contributed by atoms with Gasteiger partial charge in [0.2, 0.25) is 5.91 Å². The van der Waals surface area contributed by atoms with Gasteiger partial charge in [0.1, 0.15) is 6.61 Å². The summed E-state index contributed by atoms with van der Waals surface area (Å²) in [4.78, 5) is 12.2.